The number of carbonyl (C=O) groups is 3. The number of amides is 3. The van der Waals surface area contributed by atoms with Gasteiger partial charge >= 0.3 is 6.09 Å². The second-order valence-corrected chi connectivity index (χ2v) is 13.4. The van der Waals surface area contributed by atoms with Crippen molar-refractivity contribution in [2.24, 2.45) is 5.92 Å². The molecule has 3 atom stereocenters. The van der Waals surface area contributed by atoms with Crippen molar-refractivity contribution in [2.45, 2.75) is 64.3 Å². The number of ether oxygens (including phenoxy) is 1. The van der Waals surface area contributed by atoms with Gasteiger partial charge in [0.2, 0.25) is 11.8 Å². The van der Waals surface area contributed by atoms with Crippen LogP contribution in [0, 0.1) is 5.92 Å². The van der Waals surface area contributed by atoms with Crippen LogP contribution < -0.4 is 15.5 Å². The minimum atomic E-state index is -1.13. The number of imidazole rings is 1. The maximum atomic E-state index is 14.6. The number of benzene rings is 4. The highest BCUT2D eigenvalue weighted by molar-refractivity contribution is 6.00. The first-order valence-electron chi connectivity index (χ1n) is 16.9. The molecule has 0 aliphatic heterocycles. The van der Waals surface area contributed by atoms with E-state index in [1.165, 1.54) is 4.90 Å². The van der Waals surface area contributed by atoms with E-state index in [0.717, 1.165) is 22.2 Å². The Morgan fingerprint density at radius 2 is 1.40 bits per heavy atom. The van der Waals surface area contributed by atoms with Gasteiger partial charge < -0.3 is 30.4 Å². The zero-order valence-electron chi connectivity index (χ0n) is 28.7. The summed E-state index contributed by atoms with van der Waals surface area (Å²) in [4.78, 5) is 50.2. The first-order valence-corrected chi connectivity index (χ1v) is 16.9. The molecule has 260 valence electrons. The Labute approximate surface area is 292 Å². The molecule has 10 heteroatoms. The van der Waals surface area contributed by atoms with Gasteiger partial charge in [-0.15, -0.1) is 0 Å². The number of nitrogens with zero attached hydrogens (tertiary/aromatic N) is 2. The first kappa shape index (κ1) is 35.8. The number of rotatable bonds is 14. The Hall–Kier alpha value is -5.48. The third kappa shape index (κ3) is 10.5. The van der Waals surface area contributed by atoms with Crippen LogP contribution in [0.2, 0.25) is 0 Å². The van der Waals surface area contributed by atoms with Gasteiger partial charge in [0.1, 0.15) is 18.0 Å². The number of hydrogen-bond donors (Lipinski definition) is 4. The van der Waals surface area contributed by atoms with E-state index in [1.807, 2.05) is 103 Å². The summed E-state index contributed by atoms with van der Waals surface area (Å²) in [6.07, 6.45) is -1.13. The summed E-state index contributed by atoms with van der Waals surface area (Å²) in [5.74, 6) is -0.831. The molecule has 3 amide bonds. The number of aromatic amines is 1. The highest BCUT2D eigenvalue weighted by Crippen LogP contribution is 2.24. The van der Waals surface area contributed by atoms with Crippen LogP contribution in [-0.2, 0) is 33.7 Å². The van der Waals surface area contributed by atoms with Crippen molar-refractivity contribution in [2.75, 3.05) is 11.4 Å². The predicted molar refractivity (Wildman–Crippen MR) is 194 cm³/mol. The van der Waals surface area contributed by atoms with E-state index in [9.17, 15) is 19.5 Å². The smallest absolute Gasteiger partial charge is 0.407 e. The predicted octanol–water partition coefficient (Wildman–Crippen LogP) is 5.96. The number of nitrogens with one attached hydrogen (secondary N) is 3. The standard InChI is InChI=1S/C40H45N5O5/c1-40(2,3)50-39(49)44-34(24-29-17-9-5-10-18-29)35(46)25-30(23-28-15-7-4-8-16-28)38(48)45(31-19-11-6-12-20-31)27-37(47)41-26-36-42-32-21-13-14-22-33(32)43-36/h4-22,30,34-35,46H,23-27H2,1-3H3,(H,41,47)(H,42,43)(H,44,49)/t30-,34+,35+/m1/s1. The maximum absolute atomic E-state index is 14.6. The van der Waals surface area contributed by atoms with Gasteiger partial charge in [-0.3, -0.25) is 9.59 Å². The third-order valence-corrected chi connectivity index (χ3v) is 8.19. The molecule has 0 bridgehead atoms. The lowest BCUT2D eigenvalue weighted by Crippen LogP contribution is -2.49. The van der Waals surface area contributed by atoms with Crippen molar-refractivity contribution in [3.63, 3.8) is 0 Å². The average Bonchev–Trinajstić information content (AvgIpc) is 3.52. The number of H-pyrrole nitrogens is 1. The molecule has 5 rings (SSSR count). The zero-order chi connectivity index (χ0) is 35.5. The first-order chi connectivity index (χ1) is 24.0. The molecule has 1 aromatic heterocycles. The van der Waals surface area contributed by atoms with Gasteiger partial charge in [-0.1, -0.05) is 91.0 Å². The molecular weight excluding hydrogens is 630 g/mol. The van der Waals surface area contributed by atoms with Crippen LogP contribution in [0.5, 0.6) is 0 Å². The number of aliphatic hydroxyl groups excluding tert-OH is 1. The van der Waals surface area contributed by atoms with E-state index >= 15 is 0 Å². The maximum Gasteiger partial charge on any atom is 0.407 e. The lowest BCUT2D eigenvalue weighted by Gasteiger charge is -2.31. The SMILES string of the molecule is CC(C)(C)OC(=O)N[C@@H](Cc1ccccc1)[C@@H](O)C[C@@H](Cc1ccccc1)C(=O)N(CC(=O)NCc1nc2ccccc2[nH]1)c1ccccc1. The van der Waals surface area contributed by atoms with Crippen LogP contribution in [0.1, 0.15) is 44.1 Å². The van der Waals surface area contributed by atoms with Gasteiger partial charge in [-0.2, -0.15) is 0 Å². The number of fused-ring (bicyclic) bond motifs is 1. The van der Waals surface area contributed by atoms with Crippen LogP contribution in [0.3, 0.4) is 0 Å². The normalized spacial score (nSPS) is 13.2. The molecular formula is C40H45N5O5. The lowest BCUT2D eigenvalue weighted by atomic mass is 9.88. The van der Waals surface area contributed by atoms with Crippen LogP contribution in [0.4, 0.5) is 10.5 Å². The van der Waals surface area contributed by atoms with Gasteiger partial charge in [0, 0.05) is 11.6 Å². The summed E-state index contributed by atoms with van der Waals surface area (Å²) >= 11 is 0. The fourth-order valence-corrected chi connectivity index (χ4v) is 5.83. The quantitative estimate of drug-likeness (QED) is 0.115. The molecule has 0 aliphatic carbocycles. The Kier molecular flexibility index (Phi) is 12.0. The molecule has 0 saturated carbocycles. The van der Waals surface area contributed by atoms with Gasteiger partial charge in [0.15, 0.2) is 0 Å². The second kappa shape index (κ2) is 16.8. The van der Waals surface area contributed by atoms with E-state index in [4.69, 9.17) is 4.74 Å². The van der Waals surface area contributed by atoms with E-state index in [1.54, 1.807) is 32.9 Å². The number of para-hydroxylation sites is 3. The summed E-state index contributed by atoms with van der Waals surface area (Å²) in [5, 5.41) is 17.5. The zero-order valence-corrected chi connectivity index (χ0v) is 28.7. The topological polar surface area (TPSA) is 137 Å². The number of aliphatic hydroxyl groups is 1. The second-order valence-electron chi connectivity index (χ2n) is 13.4. The van der Waals surface area contributed by atoms with Crippen molar-refractivity contribution in [1.82, 2.24) is 20.6 Å². The lowest BCUT2D eigenvalue weighted by molar-refractivity contribution is -0.126. The molecule has 1 heterocycles. The third-order valence-electron chi connectivity index (χ3n) is 8.19. The van der Waals surface area contributed by atoms with Crippen molar-refractivity contribution in [1.29, 1.82) is 0 Å². The van der Waals surface area contributed by atoms with Gasteiger partial charge in [-0.25, -0.2) is 9.78 Å². The number of anilines is 1. The summed E-state index contributed by atoms with van der Waals surface area (Å²) in [7, 11) is 0. The van der Waals surface area contributed by atoms with E-state index < -0.39 is 29.8 Å². The minimum absolute atomic E-state index is 0.0188. The van der Waals surface area contributed by atoms with Crippen LogP contribution in [0.25, 0.3) is 11.0 Å². The molecule has 50 heavy (non-hydrogen) atoms. The highest BCUT2D eigenvalue weighted by Gasteiger charge is 2.33. The summed E-state index contributed by atoms with van der Waals surface area (Å²) < 4.78 is 5.53. The number of carbonyl (C=O) groups excluding carboxylic acids is 3. The van der Waals surface area contributed by atoms with Gasteiger partial charge in [-0.05, 0) is 75.4 Å². The molecule has 0 aliphatic rings. The summed E-state index contributed by atoms with van der Waals surface area (Å²) in [6, 6.07) is 35.0. The Morgan fingerprint density at radius 1 is 0.820 bits per heavy atom. The van der Waals surface area contributed by atoms with Gasteiger partial charge in [0.25, 0.3) is 0 Å². The van der Waals surface area contributed by atoms with E-state index in [2.05, 4.69) is 20.6 Å². The van der Waals surface area contributed by atoms with Crippen molar-refractivity contribution < 1.29 is 24.2 Å². The fraction of sp³-hybridized carbons (Fsp3) is 0.300. The number of alkyl carbamates (subject to hydrolysis) is 1. The molecule has 0 saturated heterocycles. The van der Waals surface area contributed by atoms with Crippen molar-refractivity contribution >= 4 is 34.6 Å². The average molecular weight is 676 g/mol. The Morgan fingerprint density at radius 3 is 2.02 bits per heavy atom. The molecule has 0 unspecified atom stereocenters. The van der Waals surface area contributed by atoms with E-state index in [-0.39, 0.29) is 31.3 Å². The minimum Gasteiger partial charge on any atom is -0.444 e. The Bertz CT molecular complexity index is 1810. The Balaban J connectivity index is 1.38. The number of hydrogen-bond acceptors (Lipinski definition) is 6. The highest BCUT2D eigenvalue weighted by atomic mass is 16.6. The molecule has 10 nitrogen and oxygen atoms in total. The van der Waals surface area contributed by atoms with E-state index in [0.29, 0.717) is 24.4 Å². The van der Waals surface area contributed by atoms with Crippen LogP contribution >= 0.6 is 0 Å². The van der Waals surface area contributed by atoms with Crippen LogP contribution in [0.15, 0.2) is 115 Å². The number of aromatic nitrogens is 2. The fourth-order valence-electron chi connectivity index (χ4n) is 5.83. The molecule has 4 N–H and O–H groups in total. The molecule has 4 aromatic carbocycles. The molecule has 5 aromatic rings. The molecule has 0 fully saturated rings. The largest absolute Gasteiger partial charge is 0.444 e. The van der Waals surface area contributed by atoms with Crippen LogP contribution in [-0.4, -0.2) is 57.3 Å². The summed E-state index contributed by atoms with van der Waals surface area (Å²) in [6.45, 7) is 5.24. The molecule has 0 spiro atoms. The summed E-state index contributed by atoms with van der Waals surface area (Å²) in [5.41, 5.74) is 3.29. The molecule has 0 radical (unpaired) electrons. The van der Waals surface area contributed by atoms with Crippen molar-refractivity contribution in [3.05, 3.63) is 132 Å². The monoisotopic (exact) mass is 675 g/mol. The van der Waals surface area contributed by atoms with Gasteiger partial charge in [0.05, 0.1) is 29.7 Å². The van der Waals surface area contributed by atoms with Crippen molar-refractivity contribution in [3.8, 4) is 0 Å².